The zero-order chi connectivity index (χ0) is 21.2. The van der Waals surface area contributed by atoms with Crippen molar-refractivity contribution in [3.8, 4) is 17.0 Å². The van der Waals surface area contributed by atoms with Gasteiger partial charge in [-0.15, -0.1) is 0 Å². The molecule has 3 heteroatoms. The molecule has 0 aliphatic carbocycles. The molecule has 1 aromatic heterocycles. The Morgan fingerprint density at radius 1 is 1.07 bits per heavy atom. The molecule has 158 valence electrons. The van der Waals surface area contributed by atoms with Crippen molar-refractivity contribution >= 4 is 16.8 Å². The fourth-order valence-corrected chi connectivity index (χ4v) is 3.64. The van der Waals surface area contributed by atoms with Crippen molar-refractivity contribution < 1.29 is 9.84 Å². The molecule has 0 spiro atoms. The van der Waals surface area contributed by atoms with Gasteiger partial charge in [0.05, 0.1) is 18.0 Å². The van der Waals surface area contributed by atoms with Gasteiger partial charge in [-0.3, -0.25) is 4.98 Å². The van der Waals surface area contributed by atoms with E-state index in [4.69, 9.17) is 4.74 Å². The molecule has 0 aliphatic heterocycles. The van der Waals surface area contributed by atoms with Crippen molar-refractivity contribution in [2.45, 2.75) is 58.5 Å². The molecule has 0 fully saturated rings. The molecule has 1 N–H and O–H groups in total. The van der Waals surface area contributed by atoms with Gasteiger partial charge in [-0.2, -0.15) is 0 Å². The Morgan fingerprint density at radius 3 is 2.77 bits per heavy atom. The quantitative estimate of drug-likeness (QED) is 0.339. The van der Waals surface area contributed by atoms with E-state index >= 15 is 0 Å². The normalized spacial score (nSPS) is 12.6. The Hall–Kier alpha value is -2.65. The molecule has 0 radical (unpaired) electrons. The molecule has 3 nitrogen and oxygen atoms in total. The number of pyridine rings is 1. The second-order valence-corrected chi connectivity index (χ2v) is 7.91. The van der Waals surface area contributed by atoms with Crippen LogP contribution in [0.2, 0.25) is 0 Å². The Balaban J connectivity index is 1.55. The topological polar surface area (TPSA) is 42.4 Å². The SMILES string of the molecule is CCCCCOC(C)CCC/C=C/c1ccc2c(-c3ccc(O)cn3)cccc2c1. The average molecular weight is 404 g/mol. The van der Waals surface area contributed by atoms with Crippen LogP contribution >= 0.6 is 0 Å². The van der Waals surface area contributed by atoms with E-state index in [2.05, 4.69) is 67.4 Å². The number of unbranched alkanes of at least 4 members (excludes halogenated alkanes) is 3. The van der Waals surface area contributed by atoms with Crippen LogP contribution in [-0.4, -0.2) is 22.8 Å². The highest BCUT2D eigenvalue weighted by molar-refractivity contribution is 5.96. The zero-order valence-corrected chi connectivity index (χ0v) is 18.2. The van der Waals surface area contributed by atoms with E-state index in [9.17, 15) is 5.11 Å². The van der Waals surface area contributed by atoms with E-state index in [1.54, 1.807) is 6.07 Å². The molecule has 1 unspecified atom stereocenters. The lowest BCUT2D eigenvalue weighted by molar-refractivity contribution is 0.0566. The second kappa shape index (κ2) is 11.5. The lowest BCUT2D eigenvalue weighted by atomic mass is 9.99. The predicted octanol–water partition coefficient (Wildman–Crippen LogP) is 7.39. The van der Waals surface area contributed by atoms with E-state index < -0.39 is 0 Å². The first-order chi connectivity index (χ1) is 14.7. The average Bonchev–Trinajstić information content (AvgIpc) is 2.76. The molecule has 0 bridgehead atoms. The summed E-state index contributed by atoms with van der Waals surface area (Å²) in [4.78, 5) is 4.36. The molecule has 0 saturated heterocycles. The third-order valence-electron chi connectivity index (χ3n) is 5.37. The Bertz CT molecular complexity index is 947. The highest BCUT2D eigenvalue weighted by atomic mass is 16.5. The monoisotopic (exact) mass is 403 g/mol. The van der Waals surface area contributed by atoms with Crippen LogP contribution in [0, 0.1) is 0 Å². The van der Waals surface area contributed by atoms with Crippen molar-refractivity contribution in [2.24, 2.45) is 0 Å². The first-order valence-electron chi connectivity index (χ1n) is 11.1. The molecular weight excluding hydrogens is 370 g/mol. The minimum Gasteiger partial charge on any atom is -0.506 e. The number of aromatic nitrogens is 1. The van der Waals surface area contributed by atoms with Gasteiger partial charge >= 0.3 is 0 Å². The summed E-state index contributed by atoms with van der Waals surface area (Å²) in [5.74, 6) is 0.184. The van der Waals surface area contributed by atoms with E-state index in [-0.39, 0.29) is 5.75 Å². The molecule has 1 atom stereocenters. The number of allylic oxidation sites excluding steroid dienone is 1. The summed E-state index contributed by atoms with van der Waals surface area (Å²) in [5, 5.41) is 11.8. The van der Waals surface area contributed by atoms with Crippen LogP contribution in [0.25, 0.3) is 28.1 Å². The molecule has 0 saturated carbocycles. The van der Waals surface area contributed by atoms with Gasteiger partial charge in [0.15, 0.2) is 0 Å². The van der Waals surface area contributed by atoms with Gasteiger partial charge in [0.2, 0.25) is 0 Å². The maximum absolute atomic E-state index is 9.48. The van der Waals surface area contributed by atoms with Gasteiger partial charge in [0, 0.05) is 12.2 Å². The molecule has 30 heavy (non-hydrogen) atoms. The number of benzene rings is 2. The predicted molar refractivity (Wildman–Crippen MR) is 127 cm³/mol. The molecule has 1 heterocycles. The lowest BCUT2D eigenvalue weighted by Crippen LogP contribution is -2.08. The maximum Gasteiger partial charge on any atom is 0.133 e. The minimum atomic E-state index is 0.184. The van der Waals surface area contributed by atoms with Gasteiger partial charge in [-0.05, 0) is 67.1 Å². The zero-order valence-electron chi connectivity index (χ0n) is 18.2. The third-order valence-corrected chi connectivity index (χ3v) is 5.37. The second-order valence-electron chi connectivity index (χ2n) is 7.91. The van der Waals surface area contributed by atoms with Crippen molar-refractivity contribution in [3.63, 3.8) is 0 Å². The molecule has 3 aromatic rings. The standard InChI is InChI=1S/C27H33NO2/c1-3-4-8-18-30-21(2)10-6-5-7-11-22-14-16-25-23(19-22)12-9-13-26(25)27-17-15-24(29)20-28-27/h7,9,11-17,19-21,29H,3-6,8,10,18H2,1-2H3/b11-7+. The van der Waals surface area contributed by atoms with Crippen LogP contribution in [0.1, 0.15) is 57.9 Å². The smallest absolute Gasteiger partial charge is 0.133 e. The van der Waals surface area contributed by atoms with Crippen LogP contribution < -0.4 is 0 Å². The number of nitrogens with zero attached hydrogens (tertiary/aromatic N) is 1. The van der Waals surface area contributed by atoms with Crippen LogP contribution in [0.15, 0.2) is 60.8 Å². The summed E-state index contributed by atoms with van der Waals surface area (Å²) in [5.41, 5.74) is 3.16. The fraction of sp³-hybridized carbons (Fsp3) is 0.370. The van der Waals surface area contributed by atoms with Gasteiger partial charge in [-0.1, -0.05) is 62.2 Å². The van der Waals surface area contributed by atoms with Crippen LogP contribution in [0.3, 0.4) is 0 Å². The van der Waals surface area contributed by atoms with Crippen molar-refractivity contribution in [1.82, 2.24) is 4.98 Å². The summed E-state index contributed by atoms with van der Waals surface area (Å²) in [6.07, 6.45) is 13.3. The molecule has 3 rings (SSSR count). The number of hydrogen-bond donors (Lipinski definition) is 1. The fourth-order valence-electron chi connectivity index (χ4n) is 3.64. The van der Waals surface area contributed by atoms with Crippen LogP contribution in [0.5, 0.6) is 5.75 Å². The van der Waals surface area contributed by atoms with E-state index in [0.29, 0.717) is 6.10 Å². The largest absolute Gasteiger partial charge is 0.506 e. The Kier molecular flexibility index (Phi) is 8.46. The summed E-state index contributed by atoms with van der Waals surface area (Å²) in [6.45, 7) is 5.29. The molecule has 0 amide bonds. The summed E-state index contributed by atoms with van der Waals surface area (Å²) in [7, 11) is 0. The first-order valence-corrected chi connectivity index (χ1v) is 11.1. The number of aromatic hydroxyl groups is 1. The van der Waals surface area contributed by atoms with E-state index in [1.807, 2.05) is 6.07 Å². The van der Waals surface area contributed by atoms with E-state index in [1.165, 1.54) is 41.8 Å². The van der Waals surface area contributed by atoms with Crippen LogP contribution in [0.4, 0.5) is 0 Å². The highest BCUT2D eigenvalue weighted by Gasteiger charge is 2.05. The molecular formula is C27H33NO2. The lowest BCUT2D eigenvalue weighted by Gasteiger charge is -2.12. The third kappa shape index (κ3) is 6.43. The molecule has 0 aliphatic rings. The summed E-state index contributed by atoms with van der Waals surface area (Å²) < 4.78 is 5.87. The van der Waals surface area contributed by atoms with Crippen molar-refractivity contribution in [1.29, 1.82) is 0 Å². The highest BCUT2D eigenvalue weighted by Crippen LogP contribution is 2.29. The number of ether oxygens (including phenoxy) is 1. The summed E-state index contributed by atoms with van der Waals surface area (Å²) in [6, 6.07) is 16.3. The molecule has 2 aromatic carbocycles. The maximum atomic E-state index is 9.48. The van der Waals surface area contributed by atoms with Crippen molar-refractivity contribution in [2.75, 3.05) is 6.61 Å². The van der Waals surface area contributed by atoms with Gasteiger partial charge in [0.1, 0.15) is 5.75 Å². The Labute approximate surface area is 180 Å². The van der Waals surface area contributed by atoms with Crippen molar-refractivity contribution in [3.05, 3.63) is 66.4 Å². The van der Waals surface area contributed by atoms with Gasteiger partial charge in [0.25, 0.3) is 0 Å². The number of fused-ring (bicyclic) bond motifs is 1. The van der Waals surface area contributed by atoms with E-state index in [0.717, 1.165) is 37.1 Å². The van der Waals surface area contributed by atoms with Gasteiger partial charge in [-0.25, -0.2) is 0 Å². The number of rotatable bonds is 11. The van der Waals surface area contributed by atoms with Gasteiger partial charge < -0.3 is 9.84 Å². The van der Waals surface area contributed by atoms with Crippen LogP contribution in [-0.2, 0) is 4.74 Å². The first kappa shape index (κ1) is 22.0. The Morgan fingerprint density at radius 2 is 1.97 bits per heavy atom. The summed E-state index contributed by atoms with van der Waals surface area (Å²) >= 11 is 0. The number of hydrogen-bond acceptors (Lipinski definition) is 3. The minimum absolute atomic E-state index is 0.184.